The number of hydrogen-bond acceptors (Lipinski definition) is 0. The van der Waals surface area contributed by atoms with Crippen LogP contribution in [0.25, 0.3) is 65.3 Å². The van der Waals surface area contributed by atoms with E-state index in [0.29, 0.717) is 54.7 Å². The Morgan fingerprint density at radius 2 is 0.622 bits per heavy atom. The fourth-order valence-electron chi connectivity index (χ4n) is 14.3. The molecule has 7 aromatic carbocycles. The largest absolute Gasteiger partial charge is 0.113 e. The minimum Gasteiger partial charge on any atom is -0.113 e. The summed E-state index contributed by atoms with van der Waals surface area (Å²) in [5.74, 6) is 0. The van der Waals surface area contributed by atoms with Crippen molar-refractivity contribution in [3.63, 3.8) is 0 Å². The van der Waals surface area contributed by atoms with Crippen molar-refractivity contribution >= 4 is 307 Å². The number of hydrogen-bond donors (Lipinski definition) is 0. The zero-order chi connectivity index (χ0) is 61.8. The van der Waals surface area contributed by atoms with Gasteiger partial charge in [0.1, 0.15) is 0 Å². The molecule has 0 heterocycles. The van der Waals surface area contributed by atoms with Gasteiger partial charge in [-0.3, -0.25) is 0 Å². The normalized spacial score (nSPS) is 11.3. The summed E-state index contributed by atoms with van der Waals surface area (Å²) in [7, 11) is 124. The lowest BCUT2D eigenvalue weighted by Crippen LogP contribution is -2.80. The molecule has 38 radical (unpaired) electrons. The highest BCUT2D eigenvalue weighted by Crippen LogP contribution is 2.54. The van der Waals surface area contributed by atoms with E-state index in [0.717, 1.165) is 66.1 Å². The molecule has 0 saturated carbocycles. The SMILES string of the molecule is [B][B]B([B])B(B([B])[B])c1c(B(B([B])[B])B([B])[B])c(B([B][B])B([B])[B])c(B([B])B([B])[B])c2c(B([B])[B][B])c(-c3c4c(C)c(C)c(C)c(C)c4c(-c4c(C)c(C)c(C)c5c(C)c(C)c(C)c(C)c45)c4c(C)c(C)c(C)c(C)c34)c([B][B])c(C)c12. The predicted molar refractivity (Wildman–Crippen MR) is 405 cm³/mol. The quantitative estimate of drug-likeness (QED) is 0.0697. The van der Waals surface area contributed by atoms with Crippen molar-refractivity contribution in [1.82, 2.24) is 0 Å². The van der Waals surface area contributed by atoms with Crippen LogP contribution in [0.15, 0.2) is 0 Å². The maximum absolute atomic E-state index is 7.72. The van der Waals surface area contributed by atoms with E-state index in [1.807, 2.05) is 6.92 Å². The van der Waals surface area contributed by atoms with Crippen LogP contribution in [-0.2, 0) is 0 Å². The molecule has 0 fully saturated rings. The van der Waals surface area contributed by atoms with Crippen molar-refractivity contribution in [3.8, 4) is 22.3 Å². The highest BCUT2D eigenvalue weighted by atomic mass is 14.3. The molecule has 0 saturated heterocycles. The first kappa shape index (κ1) is 67.2. The van der Waals surface area contributed by atoms with E-state index in [1.54, 1.807) is 7.17 Å². The third kappa shape index (κ3) is 10.4. The van der Waals surface area contributed by atoms with Crippen LogP contribution in [-0.4, -0.2) is 231 Å². The van der Waals surface area contributed by atoms with Crippen molar-refractivity contribution in [3.05, 3.63) is 89.0 Å². The van der Waals surface area contributed by atoms with Gasteiger partial charge in [-0.1, -0.05) is 27.4 Å². The van der Waals surface area contributed by atoms with Gasteiger partial charge in [0.05, 0.1) is 39.6 Å². The Morgan fingerprint density at radius 3 is 0.951 bits per heavy atom. The summed E-state index contributed by atoms with van der Waals surface area (Å²) in [4.78, 5) is 0. The molecule has 0 aliphatic heterocycles. The minimum atomic E-state index is -1.24. The first-order chi connectivity index (χ1) is 38.2. The van der Waals surface area contributed by atoms with Gasteiger partial charge < -0.3 is 0 Å². The van der Waals surface area contributed by atoms with Gasteiger partial charge in [-0.15, -0.1) is 10.9 Å². The fourth-order valence-corrected chi connectivity index (χ4v) is 14.3. The van der Waals surface area contributed by atoms with Crippen LogP contribution in [0.2, 0.25) is 0 Å². The Balaban J connectivity index is 2.09. The summed E-state index contributed by atoms with van der Waals surface area (Å²) < 4.78 is 0. The van der Waals surface area contributed by atoms with Crippen molar-refractivity contribution in [1.29, 1.82) is 0 Å². The van der Waals surface area contributed by atoms with E-state index in [2.05, 4.69) is 104 Å². The standard InChI is InChI=1S/C50H48B32/c1-17-18(2)26(10)34-33(24(17)8)25(9)23(7)31(15)35(34)41-36-27(11)19(3)21(5)29(13)38(36)42(39-30(14)22(6)20(4)28(12)37(39)41)43-45(68-51)32(16)40-44(46(43)72(55)69-52)47(73(56)77(57)58)49(74(70-53)78(59)60)50(75(79(61)62)80(63)64)48(40)76(81(65)66)82(67)71-54/h1-16H3. The second kappa shape index (κ2) is 25.4. The van der Waals surface area contributed by atoms with Gasteiger partial charge in [-0.05, 0) is 260 Å². The van der Waals surface area contributed by atoms with Crippen LogP contribution in [0.1, 0.15) is 89.0 Å². The number of rotatable bonds is 17. The molecule has 0 aliphatic carbocycles. The van der Waals surface area contributed by atoms with Gasteiger partial charge in [-0.25, -0.2) is 0 Å². The summed E-state index contributed by atoms with van der Waals surface area (Å²) in [6.45, 7) is 30.0. The first-order valence-electron chi connectivity index (χ1n) is 28.4. The zero-order valence-electron chi connectivity index (χ0n) is 51.5. The molecule has 0 aliphatic rings. The molecule has 82 heavy (non-hydrogen) atoms. The molecule has 0 nitrogen and oxygen atoms in total. The summed E-state index contributed by atoms with van der Waals surface area (Å²) in [5.41, 5.74) is 24.9. The monoisotopic (exact) mass is 1000 g/mol. The second-order valence-corrected chi connectivity index (χ2v) is 23.8. The number of benzene rings is 7. The Morgan fingerprint density at radius 1 is 0.256 bits per heavy atom. The third-order valence-corrected chi connectivity index (χ3v) is 19.9. The summed E-state index contributed by atoms with van der Waals surface area (Å²) in [6.07, 6.45) is -7.16. The second-order valence-electron chi connectivity index (χ2n) is 23.8. The molecule has 0 amide bonds. The van der Waals surface area contributed by atoms with E-state index in [9.17, 15) is 0 Å². The lowest BCUT2D eigenvalue weighted by molar-refractivity contribution is 1.22. The van der Waals surface area contributed by atoms with E-state index < -0.39 is 70.8 Å². The maximum Gasteiger partial charge on any atom is 0.0968 e. The Bertz CT molecular complexity index is 3640. The summed E-state index contributed by atoms with van der Waals surface area (Å²) in [5, 5.41) is 7.68. The number of aryl methyl sites for hydroxylation is 8. The molecule has 7 rings (SSSR count). The molecular formula is C50H48B32. The van der Waals surface area contributed by atoms with Gasteiger partial charge in [-0.2, -0.15) is 0 Å². The topological polar surface area (TPSA) is 0 Å². The number of fused-ring (bicyclic) bond motifs is 4. The fraction of sp³-hybridized carbons (Fsp3) is 0.320. The van der Waals surface area contributed by atoms with Crippen molar-refractivity contribution < 1.29 is 0 Å². The minimum absolute atomic E-state index is 0.339. The molecule has 344 valence electrons. The van der Waals surface area contributed by atoms with Crippen LogP contribution >= 0.6 is 0 Å². The van der Waals surface area contributed by atoms with Crippen LogP contribution in [0, 0.1) is 111 Å². The molecule has 0 aromatic heterocycles. The molecule has 0 atom stereocenters. The van der Waals surface area contributed by atoms with Crippen LogP contribution in [0.4, 0.5) is 0 Å². The van der Waals surface area contributed by atoms with E-state index in [-0.39, 0.29) is 0 Å². The van der Waals surface area contributed by atoms with Gasteiger partial charge in [0.2, 0.25) is 0 Å². The van der Waals surface area contributed by atoms with Crippen molar-refractivity contribution in [2.75, 3.05) is 0 Å². The summed E-state index contributed by atoms with van der Waals surface area (Å²) in [6, 6.07) is 0. The zero-order valence-corrected chi connectivity index (χ0v) is 51.5. The Labute approximate surface area is 524 Å². The lowest BCUT2D eigenvalue weighted by Gasteiger charge is -2.42. The molecule has 0 bridgehead atoms. The smallest absolute Gasteiger partial charge is 0.0968 e. The van der Waals surface area contributed by atoms with Gasteiger partial charge in [0, 0.05) is 191 Å². The van der Waals surface area contributed by atoms with E-state index >= 15 is 0 Å². The molecular weight excluding hydrogens is 947 g/mol. The first-order valence-corrected chi connectivity index (χ1v) is 28.4. The highest BCUT2D eigenvalue weighted by Gasteiger charge is 2.43. The van der Waals surface area contributed by atoms with Crippen molar-refractivity contribution in [2.24, 2.45) is 0 Å². The Kier molecular flexibility index (Phi) is 20.8. The maximum atomic E-state index is 7.72. The third-order valence-electron chi connectivity index (χ3n) is 19.9. The van der Waals surface area contributed by atoms with Gasteiger partial charge in [0.15, 0.2) is 0 Å². The Hall–Kier alpha value is -2.34. The average molecular weight is 995 g/mol. The molecule has 0 spiro atoms. The van der Waals surface area contributed by atoms with Crippen LogP contribution in [0.5, 0.6) is 0 Å². The molecule has 7 aromatic rings. The lowest BCUT2D eigenvalue weighted by atomic mass is 8.66. The van der Waals surface area contributed by atoms with Crippen LogP contribution in [0.3, 0.4) is 0 Å². The van der Waals surface area contributed by atoms with Crippen molar-refractivity contribution in [2.45, 2.75) is 111 Å². The van der Waals surface area contributed by atoms with Gasteiger partial charge >= 0.3 is 0 Å². The van der Waals surface area contributed by atoms with Gasteiger partial charge in [0.25, 0.3) is 0 Å². The molecule has 0 unspecified atom stereocenters. The summed E-state index contributed by atoms with van der Waals surface area (Å²) >= 11 is 0. The molecule has 32 heteroatoms. The average Bonchev–Trinajstić information content (AvgIpc) is 1.94. The van der Waals surface area contributed by atoms with E-state index in [1.165, 1.54) is 87.6 Å². The van der Waals surface area contributed by atoms with E-state index in [4.69, 9.17) is 132 Å². The van der Waals surface area contributed by atoms with Crippen LogP contribution < -0.4 is 32.8 Å². The highest BCUT2D eigenvalue weighted by molar-refractivity contribution is 7.89. The predicted octanol–water partition coefficient (Wildman–Crippen LogP) is -2.57. The molecule has 0 N–H and O–H groups in total.